The van der Waals surface area contributed by atoms with Crippen LogP contribution in [0.1, 0.15) is 0 Å². The molecule has 0 amide bonds. The van der Waals surface area contributed by atoms with Gasteiger partial charge in [-0.15, -0.1) is 0 Å². The number of hydrogen-bond donors (Lipinski definition) is 2. The summed E-state index contributed by atoms with van der Waals surface area (Å²) in [6, 6.07) is 7.41. The molecule has 0 bridgehead atoms. The van der Waals surface area contributed by atoms with Crippen molar-refractivity contribution in [2.24, 2.45) is 0 Å². The number of nitrogens with one attached hydrogen (secondary N) is 1. The molecule has 3 aromatic rings. The van der Waals surface area contributed by atoms with Crippen LogP contribution in [0.3, 0.4) is 0 Å². The van der Waals surface area contributed by atoms with Gasteiger partial charge in [0, 0.05) is 12.1 Å². The van der Waals surface area contributed by atoms with E-state index < -0.39 is 0 Å². The van der Waals surface area contributed by atoms with Crippen LogP contribution in [0.2, 0.25) is 0 Å². The minimum atomic E-state index is 0.565. The second-order valence-electron chi connectivity index (χ2n) is 4.58. The smallest absolute Gasteiger partial charge is 0.163 e. The van der Waals surface area contributed by atoms with Crippen molar-refractivity contribution < 1.29 is 9.47 Å². The minimum absolute atomic E-state index is 0.565. The number of aromatic amines is 1. The first-order valence-corrected chi connectivity index (χ1v) is 6.31. The zero-order chi connectivity index (χ0) is 13.5. The van der Waals surface area contributed by atoms with E-state index >= 15 is 0 Å². The van der Waals surface area contributed by atoms with Gasteiger partial charge in [0.2, 0.25) is 0 Å². The van der Waals surface area contributed by atoms with Gasteiger partial charge in [-0.05, 0) is 12.1 Å². The number of imidazole rings is 1. The first-order valence-electron chi connectivity index (χ1n) is 6.31. The van der Waals surface area contributed by atoms with Gasteiger partial charge in [-0.1, -0.05) is 0 Å². The molecule has 0 spiro atoms. The number of rotatable bonds is 1. The van der Waals surface area contributed by atoms with Crippen molar-refractivity contribution in [3.8, 4) is 23.0 Å². The highest BCUT2D eigenvalue weighted by Gasteiger charge is 2.15. The van der Waals surface area contributed by atoms with Crippen molar-refractivity contribution in [1.82, 2.24) is 15.0 Å². The maximum atomic E-state index is 5.64. The van der Waals surface area contributed by atoms with Gasteiger partial charge in [0.15, 0.2) is 17.3 Å². The molecule has 1 aromatic carbocycles. The van der Waals surface area contributed by atoms with E-state index in [1.165, 1.54) is 0 Å². The van der Waals surface area contributed by atoms with Gasteiger partial charge in [0.05, 0.1) is 22.9 Å². The Morgan fingerprint density at radius 1 is 1.10 bits per heavy atom. The second kappa shape index (κ2) is 4.12. The summed E-state index contributed by atoms with van der Waals surface area (Å²) in [5, 5.41) is 0. The third-order valence-corrected chi connectivity index (χ3v) is 3.17. The van der Waals surface area contributed by atoms with Gasteiger partial charge in [0.1, 0.15) is 18.9 Å². The van der Waals surface area contributed by atoms with Gasteiger partial charge in [-0.3, -0.25) is 4.98 Å². The Morgan fingerprint density at radius 3 is 2.65 bits per heavy atom. The summed E-state index contributed by atoms with van der Waals surface area (Å²) in [6.45, 7) is 1.13. The van der Waals surface area contributed by atoms with Gasteiger partial charge in [-0.2, -0.15) is 0 Å². The Hall–Kier alpha value is -2.76. The SMILES string of the molecule is Nc1ccc(-c2nc3cc4c(cc3[nH]2)OCCO4)nc1. The summed E-state index contributed by atoms with van der Waals surface area (Å²) >= 11 is 0. The lowest BCUT2D eigenvalue weighted by atomic mass is 10.2. The molecule has 1 aliphatic heterocycles. The molecule has 1 aliphatic rings. The fourth-order valence-corrected chi connectivity index (χ4v) is 2.21. The van der Waals surface area contributed by atoms with Crippen LogP contribution in [0.25, 0.3) is 22.6 Å². The number of nitrogens with two attached hydrogens (primary N) is 1. The largest absolute Gasteiger partial charge is 0.486 e. The summed E-state index contributed by atoms with van der Waals surface area (Å²) in [7, 11) is 0. The van der Waals surface area contributed by atoms with E-state index in [2.05, 4.69) is 15.0 Å². The number of benzene rings is 1. The van der Waals surface area contributed by atoms with Gasteiger partial charge < -0.3 is 20.2 Å². The monoisotopic (exact) mass is 268 g/mol. The quantitative estimate of drug-likeness (QED) is 0.704. The first kappa shape index (κ1) is 11.1. The fraction of sp³-hybridized carbons (Fsp3) is 0.143. The Morgan fingerprint density at radius 2 is 1.90 bits per heavy atom. The zero-order valence-corrected chi connectivity index (χ0v) is 10.6. The van der Waals surface area contributed by atoms with Crippen molar-refractivity contribution in [2.75, 3.05) is 18.9 Å². The molecule has 0 atom stereocenters. The Bertz CT molecular complexity index is 737. The number of pyridine rings is 1. The number of fused-ring (bicyclic) bond motifs is 2. The van der Waals surface area contributed by atoms with Crippen LogP contribution >= 0.6 is 0 Å². The summed E-state index contributed by atoms with van der Waals surface area (Å²) in [4.78, 5) is 12.0. The summed E-state index contributed by atoms with van der Waals surface area (Å²) in [5.41, 5.74) is 8.72. The van der Waals surface area contributed by atoms with Crippen molar-refractivity contribution in [1.29, 1.82) is 0 Å². The lowest BCUT2D eigenvalue weighted by Gasteiger charge is -2.17. The highest BCUT2D eigenvalue weighted by molar-refractivity contribution is 5.82. The number of nitrogens with zero attached hydrogens (tertiary/aromatic N) is 2. The maximum Gasteiger partial charge on any atom is 0.163 e. The number of hydrogen-bond acceptors (Lipinski definition) is 5. The topological polar surface area (TPSA) is 86.0 Å². The molecule has 3 heterocycles. The summed E-state index contributed by atoms with van der Waals surface area (Å²) in [6.07, 6.45) is 1.61. The van der Waals surface area contributed by atoms with Crippen LogP contribution in [0.15, 0.2) is 30.5 Å². The predicted molar refractivity (Wildman–Crippen MR) is 74.7 cm³/mol. The Labute approximate surface area is 114 Å². The van der Waals surface area contributed by atoms with E-state index in [4.69, 9.17) is 15.2 Å². The van der Waals surface area contributed by atoms with E-state index in [-0.39, 0.29) is 0 Å². The van der Waals surface area contributed by atoms with Gasteiger partial charge >= 0.3 is 0 Å². The number of nitrogen functional groups attached to an aromatic ring is 1. The molecule has 3 N–H and O–H groups in total. The minimum Gasteiger partial charge on any atom is -0.486 e. The molecule has 100 valence electrons. The van der Waals surface area contributed by atoms with E-state index in [9.17, 15) is 0 Å². The van der Waals surface area contributed by atoms with Crippen LogP contribution in [0.5, 0.6) is 11.5 Å². The van der Waals surface area contributed by atoms with Gasteiger partial charge in [-0.25, -0.2) is 4.98 Å². The van der Waals surface area contributed by atoms with E-state index in [1.807, 2.05) is 18.2 Å². The first-order chi connectivity index (χ1) is 9.79. The van der Waals surface area contributed by atoms with E-state index in [0.717, 1.165) is 28.2 Å². The highest BCUT2D eigenvalue weighted by atomic mass is 16.6. The molecule has 0 aliphatic carbocycles. The second-order valence-corrected chi connectivity index (χ2v) is 4.58. The van der Waals surface area contributed by atoms with Crippen LogP contribution in [-0.4, -0.2) is 28.2 Å². The maximum absolute atomic E-state index is 5.64. The Balaban J connectivity index is 1.84. The van der Waals surface area contributed by atoms with Gasteiger partial charge in [0.25, 0.3) is 0 Å². The van der Waals surface area contributed by atoms with E-state index in [1.54, 1.807) is 12.3 Å². The molecule has 0 saturated heterocycles. The van der Waals surface area contributed by atoms with Crippen LogP contribution < -0.4 is 15.2 Å². The number of aromatic nitrogens is 3. The molecular formula is C14H12N4O2. The fourth-order valence-electron chi connectivity index (χ4n) is 2.21. The molecule has 0 unspecified atom stereocenters. The lowest BCUT2D eigenvalue weighted by molar-refractivity contribution is 0.172. The zero-order valence-electron chi connectivity index (χ0n) is 10.6. The molecule has 0 saturated carbocycles. The number of ether oxygens (including phenoxy) is 2. The van der Waals surface area contributed by atoms with Crippen molar-refractivity contribution in [2.45, 2.75) is 0 Å². The average Bonchev–Trinajstić information content (AvgIpc) is 2.88. The molecule has 0 fully saturated rings. The molecule has 20 heavy (non-hydrogen) atoms. The predicted octanol–water partition coefficient (Wildman–Crippen LogP) is 1.98. The van der Waals surface area contributed by atoms with Crippen molar-refractivity contribution in [3.05, 3.63) is 30.5 Å². The molecule has 6 heteroatoms. The molecule has 6 nitrogen and oxygen atoms in total. The molecule has 4 rings (SSSR count). The molecule has 0 radical (unpaired) electrons. The van der Waals surface area contributed by atoms with Crippen LogP contribution in [-0.2, 0) is 0 Å². The lowest BCUT2D eigenvalue weighted by Crippen LogP contribution is -2.15. The van der Waals surface area contributed by atoms with Crippen LogP contribution in [0.4, 0.5) is 5.69 Å². The highest BCUT2D eigenvalue weighted by Crippen LogP contribution is 2.34. The standard InChI is InChI=1S/C14H12N4O2/c15-8-1-2-9(16-7-8)14-17-10-5-12-13(6-11(10)18-14)20-4-3-19-12/h1-2,5-7H,3-4,15H2,(H,17,18). The third-order valence-electron chi connectivity index (χ3n) is 3.17. The van der Waals surface area contributed by atoms with Crippen LogP contribution in [0, 0.1) is 0 Å². The average molecular weight is 268 g/mol. The molecular weight excluding hydrogens is 256 g/mol. The van der Waals surface area contributed by atoms with Crippen molar-refractivity contribution >= 4 is 16.7 Å². The third kappa shape index (κ3) is 1.73. The summed E-state index contributed by atoms with van der Waals surface area (Å²) in [5.74, 6) is 2.17. The summed E-state index contributed by atoms with van der Waals surface area (Å²) < 4.78 is 11.1. The van der Waals surface area contributed by atoms with E-state index in [0.29, 0.717) is 24.7 Å². The normalized spacial score (nSPS) is 13.6. The van der Waals surface area contributed by atoms with Crippen molar-refractivity contribution in [3.63, 3.8) is 0 Å². The number of anilines is 1. The molecule has 2 aromatic heterocycles. The Kier molecular flexibility index (Phi) is 2.29. The number of H-pyrrole nitrogens is 1.